The first kappa shape index (κ1) is 17.3. The average Bonchev–Trinajstić information content (AvgIpc) is 2.77. The lowest BCUT2D eigenvalue weighted by Crippen LogP contribution is -2.31. The number of benzene rings is 3. The Bertz CT molecular complexity index is 990. The summed E-state index contributed by atoms with van der Waals surface area (Å²) in [6, 6.07) is 24.3. The van der Waals surface area contributed by atoms with Crippen molar-refractivity contribution in [2.24, 2.45) is 0 Å². The molecule has 0 aromatic heterocycles. The zero-order valence-corrected chi connectivity index (χ0v) is 15.3. The summed E-state index contributed by atoms with van der Waals surface area (Å²) in [6.07, 6.45) is -0.200. The van der Waals surface area contributed by atoms with E-state index in [2.05, 4.69) is 0 Å². The van der Waals surface area contributed by atoms with Gasteiger partial charge in [0, 0.05) is 10.7 Å². The molecule has 4 rings (SSSR count). The van der Waals surface area contributed by atoms with Crippen LogP contribution < -0.4 is 9.80 Å². The van der Waals surface area contributed by atoms with Gasteiger partial charge in [-0.1, -0.05) is 60.1 Å². The van der Waals surface area contributed by atoms with Gasteiger partial charge in [-0.05, 0) is 35.9 Å². The molecular weight excluding hydrogens is 360 g/mol. The van der Waals surface area contributed by atoms with E-state index in [1.54, 1.807) is 28.0 Å². The van der Waals surface area contributed by atoms with Gasteiger partial charge in [0.15, 0.2) is 0 Å². The fraction of sp³-hybridized carbons (Fsp3) is 0.0909. The summed E-state index contributed by atoms with van der Waals surface area (Å²) in [7, 11) is 0. The van der Waals surface area contributed by atoms with Crippen molar-refractivity contribution in [3.8, 4) is 0 Å². The van der Waals surface area contributed by atoms with Gasteiger partial charge in [0.1, 0.15) is 6.42 Å². The third-order valence-corrected chi connectivity index (χ3v) is 4.76. The standard InChI is InChI=1S/C22H17ClN2O2/c23-17-11-12-19-20(13-17)25(18-9-5-2-6-10-18)22(27)14-21(26)24(19)15-16-7-3-1-4-8-16/h1-13H,14-15H2. The van der Waals surface area contributed by atoms with E-state index in [9.17, 15) is 9.59 Å². The van der Waals surface area contributed by atoms with E-state index in [1.807, 2.05) is 60.7 Å². The van der Waals surface area contributed by atoms with Gasteiger partial charge < -0.3 is 4.90 Å². The lowest BCUT2D eigenvalue weighted by atomic mass is 10.1. The van der Waals surface area contributed by atoms with E-state index in [-0.39, 0.29) is 18.2 Å². The second-order valence-electron chi connectivity index (χ2n) is 6.34. The van der Waals surface area contributed by atoms with Crippen LogP contribution >= 0.6 is 11.6 Å². The highest BCUT2D eigenvalue weighted by molar-refractivity contribution is 6.31. The first-order valence-electron chi connectivity index (χ1n) is 8.65. The first-order valence-corrected chi connectivity index (χ1v) is 9.03. The van der Waals surface area contributed by atoms with Crippen LogP contribution in [0.5, 0.6) is 0 Å². The molecule has 0 radical (unpaired) electrons. The molecule has 3 aromatic rings. The molecule has 1 heterocycles. The normalized spacial score (nSPS) is 14.1. The van der Waals surface area contributed by atoms with Crippen molar-refractivity contribution in [2.45, 2.75) is 13.0 Å². The molecule has 5 heteroatoms. The minimum Gasteiger partial charge on any atom is -0.305 e. The van der Waals surface area contributed by atoms with Crippen LogP contribution in [0, 0.1) is 0 Å². The highest BCUT2D eigenvalue weighted by Crippen LogP contribution is 2.40. The minimum atomic E-state index is -0.273. The molecule has 27 heavy (non-hydrogen) atoms. The van der Waals surface area contributed by atoms with Gasteiger partial charge in [-0.3, -0.25) is 14.5 Å². The maximum absolute atomic E-state index is 12.9. The Morgan fingerprint density at radius 1 is 0.778 bits per heavy atom. The van der Waals surface area contributed by atoms with Crippen molar-refractivity contribution in [3.63, 3.8) is 0 Å². The first-order chi connectivity index (χ1) is 13.1. The van der Waals surface area contributed by atoms with E-state index in [4.69, 9.17) is 11.6 Å². The molecule has 134 valence electrons. The fourth-order valence-corrected chi connectivity index (χ4v) is 3.44. The van der Waals surface area contributed by atoms with E-state index < -0.39 is 0 Å². The van der Waals surface area contributed by atoms with Gasteiger partial charge in [-0.15, -0.1) is 0 Å². The summed E-state index contributed by atoms with van der Waals surface area (Å²) in [5.74, 6) is -0.504. The third kappa shape index (κ3) is 3.44. The number of hydrogen-bond acceptors (Lipinski definition) is 2. The van der Waals surface area contributed by atoms with Crippen LogP contribution in [0.15, 0.2) is 78.9 Å². The second-order valence-corrected chi connectivity index (χ2v) is 6.78. The van der Waals surface area contributed by atoms with E-state index in [1.165, 1.54) is 0 Å². The number of anilines is 3. The quantitative estimate of drug-likeness (QED) is 0.607. The van der Waals surface area contributed by atoms with Crippen LogP contribution in [0.2, 0.25) is 5.02 Å². The largest absolute Gasteiger partial charge is 0.305 e. The number of carbonyl (C=O) groups is 2. The van der Waals surface area contributed by atoms with Gasteiger partial charge in [-0.25, -0.2) is 0 Å². The molecule has 0 unspecified atom stereocenters. The predicted molar refractivity (Wildman–Crippen MR) is 107 cm³/mol. The van der Waals surface area contributed by atoms with E-state index in [0.717, 1.165) is 5.56 Å². The summed E-state index contributed by atoms with van der Waals surface area (Å²) in [6.45, 7) is 0.393. The molecule has 1 aliphatic rings. The number of hydrogen-bond donors (Lipinski definition) is 0. The van der Waals surface area contributed by atoms with Crippen molar-refractivity contribution < 1.29 is 9.59 Å². The molecule has 1 aliphatic heterocycles. The monoisotopic (exact) mass is 376 g/mol. The molecule has 0 saturated carbocycles. The number of amides is 2. The maximum atomic E-state index is 12.9. The summed E-state index contributed by atoms with van der Waals surface area (Å²) >= 11 is 6.23. The number of nitrogens with zero attached hydrogens (tertiary/aromatic N) is 2. The van der Waals surface area contributed by atoms with Crippen LogP contribution in [0.1, 0.15) is 12.0 Å². The Balaban J connectivity index is 1.85. The number of para-hydroxylation sites is 1. The van der Waals surface area contributed by atoms with Crippen molar-refractivity contribution >= 4 is 40.5 Å². The van der Waals surface area contributed by atoms with Gasteiger partial charge in [-0.2, -0.15) is 0 Å². The highest BCUT2D eigenvalue weighted by Gasteiger charge is 2.32. The Kier molecular flexibility index (Phi) is 4.65. The van der Waals surface area contributed by atoms with Crippen molar-refractivity contribution in [3.05, 3.63) is 89.4 Å². The van der Waals surface area contributed by atoms with Crippen molar-refractivity contribution in [1.82, 2.24) is 0 Å². The van der Waals surface area contributed by atoms with Crippen LogP contribution in [0.3, 0.4) is 0 Å². The van der Waals surface area contributed by atoms with E-state index in [0.29, 0.717) is 28.6 Å². The van der Waals surface area contributed by atoms with Crippen molar-refractivity contribution in [1.29, 1.82) is 0 Å². The molecule has 0 saturated heterocycles. The molecule has 4 nitrogen and oxygen atoms in total. The smallest absolute Gasteiger partial charge is 0.241 e. The summed E-state index contributed by atoms with van der Waals surface area (Å²) in [5, 5.41) is 0.511. The molecule has 0 fully saturated rings. The Hall–Kier alpha value is -3.11. The molecule has 0 N–H and O–H groups in total. The fourth-order valence-electron chi connectivity index (χ4n) is 3.28. The zero-order valence-electron chi connectivity index (χ0n) is 14.5. The third-order valence-electron chi connectivity index (χ3n) is 4.52. The lowest BCUT2D eigenvalue weighted by Gasteiger charge is -2.26. The number of carbonyl (C=O) groups excluding carboxylic acids is 2. The molecule has 0 aliphatic carbocycles. The maximum Gasteiger partial charge on any atom is 0.241 e. The minimum absolute atomic E-state index is 0.200. The molecule has 0 bridgehead atoms. The van der Waals surface area contributed by atoms with Crippen LogP contribution in [0.4, 0.5) is 17.1 Å². The van der Waals surface area contributed by atoms with Gasteiger partial charge in [0.2, 0.25) is 11.8 Å². The summed E-state index contributed by atoms with van der Waals surface area (Å²) < 4.78 is 0. The van der Waals surface area contributed by atoms with E-state index >= 15 is 0 Å². The molecule has 2 amide bonds. The van der Waals surface area contributed by atoms with Crippen LogP contribution in [-0.4, -0.2) is 11.8 Å². The van der Waals surface area contributed by atoms with Crippen molar-refractivity contribution in [2.75, 3.05) is 9.80 Å². The van der Waals surface area contributed by atoms with Gasteiger partial charge in [0.05, 0.1) is 17.9 Å². The zero-order chi connectivity index (χ0) is 18.8. The average molecular weight is 377 g/mol. The molecule has 0 atom stereocenters. The Morgan fingerprint density at radius 3 is 2.15 bits per heavy atom. The molecule has 0 spiro atoms. The second kappa shape index (κ2) is 7.25. The molecular formula is C22H17ClN2O2. The predicted octanol–water partition coefficient (Wildman–Crippen LogP) is 4.94. The topological polar surface area (TPSA) is 40.6 Å². The number of fused-ring (bicyclic) bond motifs is 1. The van der Waals surface area contributed by atoms with Crippen LogP contribution in [-0.2, 0) is 16.1 Å². The number of rotatable bonds is 3. The summed E-state index contributed by atoms with van der Waals surface area (Å²) in [5.41, 5.74) is 2.98. The Labute approximate surface area is 162 Å². The highest BCUT2D eigenvalue weighted by atomic mass is 35.5. The number of halogens is 1. The SMILES string of the molecule is O=C1CC(=O)N(c2ccccc2)c2cc(Cl)ccc2N1Cc1ccccc1. The Morgan fingerprint density at radius 2 is 1.44 bits per heavy atom. The summed E-state index contributed by atoms with van der Waals surface area (Å²) in [4.78, 5) is 29.1. The molecule has 3 aromatic carbocycles. The van der Waals surface area contributed by atoms with Gasteiger partial charge in [0.25, 0.3) is 0 Å². The van der Waals surface area contributed by atoms with Gasteiger partial charge >= 0.3 is 0 Å². The lowest BCUT2D eigenvalue weighted by molar-refractivity contribution is -0.125. The van der Waals surface area contributed by atoms with Crippen LogP contribution in [0.25, 0.3) is 0 Å².